The summed E-state index contributed by atoms with van der Waals surface area (Å²) in [7, 11) is 1.61. The predicted molar refractivity (Wildman–Crippen MR) is 77.6 cm³/mol. The number of methoxy groups -OCH3 is 1. The first kappa shape index (κ1) is 14.1. The van der Waals surface area contributed by atoms with Crippen LogP contribution in [0.25, 0.3) is 0 Å². The molecule has 20 heavy (non-hydrogen) atoms. The van der Waals surface area contributed by atoms with Gasteiger partial charge in [0.1, 0.15) is 5.75 Å². The molecule has 0 spiro atoms. The lowest BCUT2D eigenvalue weighted by Crippen LogP contribution is -2.34. The van der Waals surface area contributed by atoms with Crippen LogP contribution in [0.5, 0.6) is 5.75 Å². The Balaban J connectivity index is 1.87. The van der Waals surface area contributed by atoms with Crippen molar-refractivity contribution < 1.29 is 14.1 Å². The van der Waals surface area contributed by atoms with Crippen LogP contribution < -0.4 is 14.6 Å². The maximum absolute atomic E-state index is 11.9. The molecule has 1 N–H and O–H groups in total. The minimum atomic E-state index is -0.00803. The molecule has 104 valence electrons. The molecule has 2 aromatic rings. The molecule has 1 aromatic carbocycles. The van der Waals surface area contributed by atoms with Crippen LogP contribution in [-0.2, 0) is 11.3 Å². The van der Waals surface area contributed by atoms with Crippen molar-refractivity contribution in [1.82, 2.24) is 0 Å². The number of hydrogen-bond donors (Lipinski definition) is 1. The first-order valence-electron chi connectivity index (χ1n) is 6.57. The topological polar surface area (TPSA) is 42.2 Å². The van der Waals surface area contributed by atoms with E-state index in [0.717, 1.165) is 11.4 Å². The molecule has 1 heterocycles. The monoisotopic (exact) mass is 271 g/mol. The van der Waals surface area contributed by atoms with Crippen molar-refractivity contribution >= 4 is 11.6 Å². The van der Waals surface area contributed by atoms with Crippen LogP contribution >= 0.6 is 0 Å². The van der Waals surface area contributed by atoms with Crippen molar-refractivity contribution in [2.75, 3.05) is 12.4 Å². The highest BCUT2D eigenvalue weighted by molar-refractivity contribution is 5.90. The maximum Gasteiger partial charge on any atom is 0.230 e. The van der Waals surface area contributed by atoms with Gasteiger partial charge in [-0.05, 0) is 24.6 Å². The van der Waals surface area contributed by atoms with Gasteiger partial charge in [0.25, 0.3) is 0 Å². The van der Waals surface area contributed by atoms with Gasteiger partial charge in [-0.2, -0.15) is 0 Å². The molecule has 1 aromatic heterocycles. The van der Waals surface area contributed by atoms with Gasteiger partial charge in [-0.3, -0.25) is 4.79 Å². The molecule has 0 aliphatic rings. The molecule has 2 rings (SSSR count). The zero-order valence-corrected chi connectivity index (χ0v) is 11.8. The number of pyridine rings is 1. The molecule has 0 unspecified atom stereocenters. The molecule has 0 radical (unpaired) electrons. The van der Waals surface area contributed by atoms with E-state index in [2.05, 4.69) is 5.32 Å². The summed E-state index contributed by atoms with van der Waals surface area (Å²) in [6, 6.07) is 11.4. The maximum atomic E-state index is 11.9. The number of amides is 1. The van der Waals surface area contributed by atoms with E-state index in [0.29, 0.717) is 13.0 Å². The van der Waals surface area contributed by atoms with E-state index in [-0.39, 0.29) is 5.91 Å². The Hall–Kier alpha value is -2.36. The zero-order chi connectivity index (χ0) is 14.4. The zero-order valence-electron chi connectivity index (χ0n) is 11.8. The summed E-state index contributed by atoms with van der Waals surface area (Å²) in [5, 5.41) is 2.87. The SMILES string of the molecule is COc1cccc(NC(=O)CC[n+]2ccc(C)cc2)c1. The Morgan fingerprint density at radius 1 is 1.25 bits per heavy atom. The van der Waals surface area contributed by atoms with Crippen LogP contribution in [0.4, 0.5) is 5.69 Å². The molecule has 0 atom stereocenters. The van der Waals surface area contributed by atoms with E-state index in [1.54, 1.807) is 13.2 Å². The number of nitrogens with zero attached hydrogens (tertiary/aromatic N) is 1. The summed E-state index contributed by atoms with van der Waals surface area (Å²) in [5.41, 5.74) is 1.96. The molecule has 4 nitrogen and oxygen atoms in total. The number of hydrogen-bond acceptors (Lipinski definition) is 2. The summed E-state index contributed by atoms with van der Waals surface area (Å²) in [5.74, 6) is 0.724. The van der Waals surface area contributed by atoms with E-state index < -0.39 is 0 Å². The molecule has 0 aliphatic heterocycles. The van der Waals surface area contributed by atoms with Gasteiger partial charge in [0.15, 0.2) is 18.9 Å². The van der Waals surface area contributed by atoms with Crippen LogP contribution in [0.1, 0.15) is 12.0 Å². The molecule has 1 amide bonds. The van der Waals surface area contributed by atoms with Gasteiger partial charge < -0.3 is 10.1 Å². The van der Waals surface area contributed by atoms with Crippen LogP contribution in [0, 0.1) is 6.92 Å². The fourth-order valence-corrected chi connectivity index (χ4v) is 1.84. The number of carbonyl (C=O) groups excluding carboxylic acids is 1. The number of benzene rings is 1. The van der Waals surface area contributed by atoms with Crippen LogP contribution in [0.15, 0.2) is 48.8 Å². The number of aromatic nitrogens is 1. The van der Waals surface area contributed by atoms with Crippen LogP contribution in [-0.4, -0.2) is 13.0 Å². The van der Waals surface area contributed by atoms with E-state index in [4.69, 9.17) is 4.74 Å². The Morgan fingerprint density at radius 2 is 2.00 bits per heavy atom. The van der Waals surface area contributed by atoms with Crippen molar-refractivity contribution in [3.05, 3.63) is 54.4 Å². The number of carbonyl (C=O) groups is 1. The number of rotatable bonds is 5. The molecule has 0 saturated carbocycles. The number of ether oxygens (including phenoxy) is 1. The first-order valence-corrected chi connectivity index (χ1v) is 6.57. The minimum Gasteiger partial charge on any atom is -0.497 e. The fraction of sp³-hybridized carbons (Fsp3) is 0.250. The van der Waals surface area contributed by atoms with Crippen molar-refractivity contribution in [2.45, 2.75) is 19.9 Å². The quantitative estimate of drug-likeness (QED) is 0.848. The molecule has 0 bridgehead atoms. The van der Waals surface area contributed by atoms with Gasteiger partial charge in [-0.15, -0.1) is 0 Å². The smallest absolute Gasteiger partial charge is 0.230 e. The predicted octanol–water partition coefficient (Wildman–Crippen LogP) is 2.32. The summed E-state index contributed by atoms with van der Waals surface area (Å²) in [4.78, 5) is 11.9. The molecule has 0 aliphatic carbocycles. The lowest BCUT2D eigenvalue weighted by atomic mass is 10.2. The molecular weight excluding hydrogens is 252 g/mol. The lowest BCUT2D eigenvalue weighted by molar-refractivity contribution is -0.695. The number of nitrogens with one attached hydrogen (secondary N) is 1. The third-order valence-corrected chi connectivity index (χ3v) is 3.01. The highest BCUT2D eigenvalue weighted by atomic mass is 16.5. The normalized spacial score (nSPS) is 10.1. The largest absolute Gasteiger partial charge is 0.497 e. The molecule has 4 heteroatoms. The summed E-state index contributed by atoms with van der Waals surface area (Å²) < 4.78 is 7.12. The molecule has 0 fully saturated rings. The second kappa shape index (κ2) is 6.70. The van der Waals surface area contributed by atoms with Crippen LogP contribution in [0.2, 0.25) is 0 Å². The summed E-state index contributed by atoms with van der Waals surface area (Å²) in [6.07, 6.45) is 4.40. The van der Waals surface area contributed by atoms with Gasteiger partial charge in [0, 0.05) is 23.9 Å². The van der Waals surface area contributed by atoms with E-state index >= 15 is 0 Å². The van der Waals surface area contributed by atoms with Crippen molar-refractivity contribution in [2.24, 2.45) is 0 Å². The van der Waals surface area contributed by atoms with Gasteiger partial charge in [-0.25, -0.2) is 4.57 Å². The van der Waals surface area contributed by atoms with Gasteiger partial charge in [0.2, 0.25) is 5.91 Å². The molecule has 0 saturated heterocycles. The average molecular weight is 271 g/mol. The molecular formula is C16H19N2O2+. The Morgan fingerprint density at radius 3 is 2.70 bits per heavy atom. The van der Waals surface area contributed by atoms with Crippen molar-refractivity contribution in [1.29, 1.82) is 0 Å². The van der Waals surface area contributed by atoms with E-state index in [1.165, 1.54) is 5.56 Å². The Kier molecular flexibility index (Phi) is 4.71. The van der Waals surface area contributed by atoms with Gasteiger partial charge in [0.05, 0.1) is 13.5 Å². The summed E-state index contributed by atoms with van der Waals surface area (Å²) in [6.45, 7) is 2.70. The highest BCUT2D eigenvalue weighted by Crippen LogP contribution is 2.16. The van der Waals surface area contributed by atoms with E-state index in [1.807, 2.05) is 54.2 Å². The Bertz CT molecular complexity index is 579. The van der Waals surface area contributed by atoms with Gasteiger partial charge in [-0.1, -0.05) is 6.07 Å². The minimum absolute atomic E-state index is 0.00803. The third-order valence-electron chi connectivity index (χ3n) is 3.01. The Labute approximate surface area is 119 Å². The van der Waals surface area contributed by atoms with Crippen LogP contribution in [0.3, 0.4) is 0 Å². The van der Waals surface area contributed by atoms with Gasteiger partial charge >= 0.3 is 0 Å². The lowest BCUT2D eigenvalue weighted by Gasteiger charge is -2.06. The number of anilines is 1. The van der Waals surface area contributed by atoms with Crippen molar-refractivity contribution in [3.8, 4) is 5.75 Å². The fourth-order valence-electron chi connectivity index (χ4n) is 1.84. The van der Waals surface area contributed by atoms with Crippen molar-refractivity contribution in [3.63, 3.8) is 0 Å². The second-order valence-electron chi connectivity index (χ2n) is 4.64. The third kappa shape index (κ3) is 4.09. The first-order chi connectivity index (χ1) is 9.67. The highest BCUT2D eigenvalue weighted by Gasteiger charge is 2.07. The average Bonchev–Trinajstić information content (AvgIpc) is 2.47. The summed E-state index contributed by atoms with van der Waals surface area (Å²) >= 11 is 0. The number of aryl methyl sites for hydroxylation is 2. The van der Waals surface area contributed by atoms with E-state index in [9.17, 15) is 4.79 Å². The standard InChI is InChI=1S/C16H18N2O2/c1-13-6-9-18(10-7-13)11-8-16(19)17-14-4-3-5-15(12-14)20-2/h3-7,9-10,12H,8,11H2,1-2H3/p+1. The second-order valence-corrected chi connectivity index (χ2v) is 4.64.